The highest BCUT2D eigenvalue weighted by atomic mass is 32.1. The van der Waals surface area contributed by atoms with Crippen LogP contribution in [0.15, 0.2) is 18.3 Å². The van der Waals surface area contributed by atoms with Crippen LogP contribution in [0, 0.1) is 5.92 Å². The normalized spacial score (nSPS) is 19.0. The maximum absolute atomic E-state index is 11.8. The number of carbonyl (C=O) groups excluding carboxylic acids is 1. The summed E-state index contributed by atoms with van der Waals surface area (Å²) in [6, 6.07) is 3.61. The molecule has 2 rings (SSSR count). The van der Waals surface area contributed by atoms with Crippen LogP contribution in [0.1, 0.15) is 23.7 Å². The minimum atomic E-state index is -0.0556. The monoisotopic (exact) mass is 265 g/mol. The van der Waals surface area contributed by atoms with Crippen LogP contribution in [0.4, 0.5) is 5.82 Å². The smallest absolute Gasteiger partial charge is 0.251 e. The van der Waals surface area contributed by atoms with Crippen LogP contribution in [0.2, 0.25) is 0 Å². The van der Waals surface area contributed by atoms with Gasteiger partial charge in [0.25, 0.3) is 5.91 Å². The molecule has 1 N–H and O–H groups in total. The summed E-state index contributed by atoms with van der Waals surface area (Å²) in [4.78, 5) is 18.4. The van der Waals surface area contributed by atoms with Gasteiger partial charge < -0.3 is 10.2 Å². The topological polar surface area (TPSA) is 45.2 Å². The van der Waals surface area contributed by atoms with E-state index in [1.807, 2.05) is 6.07 Å². The van der Waals surface area contributed by atoms with E-state index >= 15 is 0 Å². The van der Waals surface area contributed by atoms with Crippen molar-refractivity contribution in [2.75, 3.05) is 30.3 Å². The highest BCUT2D eigenvalue weighted by Crippen LogP contribution is 2.22. The second-order valence-corrected chi connectivity index (χ2v) is 5.17. The van der Waals surface area contributed by atoms with Gasteiger partial charge in [-0.1, -0.05) is 6.92 Å². The summed E-state index contributed by atoms with van der Waals surface area (Å²) < 4.78 is 0. The van der Waals surface area contributed by atoms with Crippen LogP contribution in [0.25, 0.3) is 0 Å². The van der Waals surface area contributed by atoms with Gasteiger partial charge in [0.2, 0.25) is 0 Å². The SMILES string of the molecule is CC1CCN(c2cc(C(=O)NCCS)ccn2)C1. The first-order valence-corrected chi connectivity index (χ1v) is 6.94. The van der Waals surface area contributed by atoms with Crippen LogP contribution >= 0.6 is 12.6 Å². The first kappa shape index (κ1) is 13.2. The lowest BCUT2D eigenvalue weighted by molar-refractivity contribution is 0.0956. The third-order valence-corrected chi connectivity index (χ3v) is 3.38. The van der Waals surface area contributed by atoms with Crippen molar-refractivity contribution in [2.45, 2.75) is 13.3 Å². The van der Waals surface area contributed by atoms with Gasteiger partial charge >= 0.3 is 0 Å². The molecule has 0 spiro atoms. The molecule has 98 valence electrons. The number of amides is 1. The molecule has 1 aliphatic heterocycles. The van der Waals surface area contributed by atoms with Gasteiger partial charge in [-0.2, -0.15) is 12.6 Å². The molecule has 0 aliphatic carbocycles. The Balaban J connectivity index is 2.07. The number of pyridine rings is 1. The van der Waals surface area contributed by atoms with Gasteiger partial charge in [0.05, 0.1) is 0 Å². The van der Waals surface area contributed by atoms with Crippen molar-refractivity contribution in [3.63, 3.8) is 0 Å². The van der Waals surface area contributed by atoms with Gasteiger partial charge in [-0.25, -0.2) is 4.98 Å². The number of hydrogen-bond donors (Lipinski definition) is 2. The van der Waals surface area contributed by atoms with E-state index in [1.165, 1.54) is 6.42 Å². The first-order chi connectivity index (χ1) is 8.70. The fraction of sp³-hybridized carbons (Fsp3) is 0.538. The van der Waals surface area contributed by atoms with Crippen LogP contribution in [-0.4, -0.2) is 36.3 Å². The second-order valence-electron chi connectivity index (χ2n) is 4.72. The number of hydrogen-bond acceptors (Lipinski definition) is 4. The lowest BCUT2D eigenvalue weighted by Crippen LogP contribution is -2.26. The van der Waals surface area contributed by atoms with Crippen LogP contribution in [0.5, 0.6) is 0 Å². The average Bonchev–Trinajstić information content (AvgIpc) is 2.83. The van der Waals surface area contributed by atoms with E-state index in [-0.39, 0.29) is 5.91 Å². The Bertz CT molecular complexity index is 424. The number of thiol groups is 1. The molecule has 1 saturated heterocycles. The van der Waals surface area contributed by atoms with E-state index in [1.54, 1.807) is 12.3 Å². The summed E-state index contributed by atoms with van der Waals surface area (Å²) in [7, 11) is 0. The lowest BCUT2D eigenvalue weighted by atomic mass is 10.2. The average molecular weight is 265 g/mol. The molecule has 0 aromatic carbocycles. The molecule has 4 nitrogen and oxygen atoms in total. The van der Waals surface area contributed by atoms with Crippen molar-refractivity contribution in [3.05, 3.63) is 23.9 Å². The first-order valence-electron chi connectivity index (χ1n) is 6.30. The number of anilines is 1. The van der Waals surface area contributed by atoms with Crippen LogP contribution in [0.3, 0.4) is 0 Å². The lowest BCUT2D eigenvalue weighted by Gasteiger charge is -2.17. The highest BCUT2D eigenvalue weighted by Gasteiger charge is 2.20. The quantitative estimate of drug-likeness (QED) is 0.813. The molecule has 1 aliphatic rings. The van der Waals surface area contributed by atoms with Crippen LogP contribution in [-0.2, 0) is 0 Å². The largest absolute Gasteiger partial charge is 0.356 e. The molecule has 0 saturated carbocycles. The van der Waals surface area contributed by atoms with Crippen LogP contribution < -0.4 is 10.2 Å². The summed E-state index contributed by atoms with van der Waals surface area (Å²) in [6.07, 6.45) is 2.89. The summed E-state index contributed by atoms with van der Waals surface area (Å²) in [5.41, 5.74) is 0.668. The molecule has 1 aromatic rings. The molecule has 18 heavy (non-hydrogen) atoms. The molecule has 1 atom stereocenters. The summed E-state index contributed by atoms with van der Waals surface area (Å²) in [6.45, 7) is 4.87. The molecule has 0 radical (unpaired) electrons. The number of nitrogens with zero attached hydrogens (tertiary/aromatic N) is 2. The Morgan fingerprint density at radius 2 is 2.50 bits per heavy atom. The Hall–Kier alpha value is -1.23. The third kappa shape index (κ3) is 3.16. The zero-order valence-corrected chi connectivity index (χ0v) is 11.5. The number of aromatic nitrogens is 1. The van der Waals surface area contributed by atoms with E-state index in [0.717, 1.165) is 18.9 Å². The van der Waals surface area contributed by atoms with Gasteiger partial charge in [0.1, 0.15) is 5.82 Å². The highest BCUT2D eigenvalue weighted by molar-refractivity contribution is 7.80. The molecule has 1 aromatic heterocycles. The molecule has 0 bridgehead atoms. The van der Waals surface area contributed by atoms with E-state index in [4.69, 9.17) is 0 Å². The molecular weight excluding hydrogens is 246 g/mol. The zero-order chi connectivity index (χ0) is 13.0. The fourth-order valence-electron chi connectivity index (χ4n) is 2.15. The van der Waals surface area contributed by atoms with Crippen molar-refractivity contribution in [1.82, 2.24) is 10.3 Å². The second kappa shape index (κ2) is 6.09. The van der Waals surface area contributed by atoms with E-state index in [9.17, 15) is 4.79 Å². The van der Waals surface area contributed by atoms with E-state index in [2.05, 4.69) is 34.8 Å². The minimum absolute atomic E-state index is 0.0556. The maximum Gasteiger partial charge on any atom is 0.251 e. The minimum Gasteiger partial charge on any atom is -0.356 e. The Labute approximate surface area is 113 Å². The van der Waals surface area contributed by atoms with Gasteiger partial charge in [-0.15, -0.1) is 0 Å². The number of rotatable bonds is 4. The molecule has 1 amide bonds. The van der Waals surface area contributed by atoms with Crippen molar-refractivity contribution in [3.8, 4) is 0 Å². The predicted molar refractivity (Wildman–Crippen MR) is 76.4 cm³/mol. The maximum atomic E-state index is 11.8. The van der Waals surface area contributed by atoms with Crippen molar-refractivity contribution < 1.29 is 4.79 Å². The Kier molecular flexibility index (Phi) is 4.47. The third-order valence-electron chi connectivity index (χ3n) is 3.15. The number of carbonyl (C=O) groups is 1. The van der Waals surface area contributed by atoms with Gasteiger partial charge in [0, 0.05) is 37.1 Å². The Morgan fingerprint density at radius 1 is 1.67 bits per heavy atom. The van der Waals surface area contributed by atoms with Gasteiger partial charge in [-0.05, 0) is 24.5 Å². The van der Waals surface area contributed by atoms with Crippen molar-refractivity contribution in [2.24, 2.45) is 5.92 Å². The van der Waals surface area contributed by atoms with Crippen molar-refractivity contribution in [1.29, 1.82) is 0 Å². The molecule has 1 fully saturated rings. The summed E-state index contributed by atoms with van der Waals surface area (Å²) >= 11 is 4.07. The number of nitrogens with one attached hydrogen (secondary N) is 1. The molecule has 5 heteroatoms. The summed E-state index contributed by atoms with van der Waals surface area (Å²) in [5.74, 6) is 2.19. The summed E-state index contributed by atoms with van der Waals surface area (Å²) in [5, 5.41) is 2.81. The van der Waals surface area contributed by atoms with Crippen molar-refractivity contribution >= 4 is 24.4 Å². The van der Waals surface area contributed by atoms with Gasteiger partial charge in [0.15, 0.2) is 0 Å². The predicted octanol–water partition coefficient (Wildman–Crippen LogP) is 1.59. The molecule has 2 heterocycles. The standard InChI is InChI=1S/C13H19N3OS/c1-10-3-6-16(9-10)12-8-11(2-4-14-12)13(17)15-5-7-18/h2,4,8,10,18H,3,5-7,9H2,1H3,(H,15,17). The molecule has 1 unspecified atom stereocenters. The zero-order valence-electron chi connectivity index (χ0n) is 10.6. The van der Waals surface area contributed by atoms with Gasteiger partial charge in [-0.3, -0.25) is 4.79 Å². The van der Waals surface area contributed by atoms with E-state index < -0.39 is 0 Å². The Morgan fingerprint density at radius 3 is 3.17 bits per heavy atom. The molecular formula is C13H19N3OS. The fourth-order valence-corrected chi connectivity index (χ4v) is 2.26. The van der Waals surface area contributed by atoms with E-state index in [0.29, 0.717) is 23.8 Å².